The van der Waals surface area contributed by atoms with Gasteiger partial charge in [-0.2, -0.15) is 0 Å². The fourth-order valence-electron chi connectivity index (χ4n) is 5.24. The van der Waals surface area contributed by atoms with E-state index in [1.807, 2.05) is 24.3 Å². The Balaban J connectivity index is 1.64. The molecular weight excluding hydrogens is 434 g/mol. The minimum atomic E-state index is -1.17. The van der Waals surface area contributed by atoms with Crippen molar-refractivity contribution >= 4 is 17.6 Å². The molecule has 172 valence electrons. The van der Waals surface area contributed by atoms with Gasteiger partial charge in [-0.05, 0) is 77.4 Å². The molecule has 6 heteroatoms. The number of carboxylic acid groups (broad SMARTS) is 1. The van der Waals surface area contributed by atoms with Crippen LogP contribution in [0.2, 0.25) is 0 Å². The van der Waals surface area contributed by atoms with Crippen molar-refractivity contribution < 1.29 is 18.7 Å². The molecule has 4 nitrogen and oxygen atoms in total. The Kier molecular flexibility index (Phi) is 5.84. The van der Waals surface area contributed by atoms with E-state index < -0.39 is 23.6 Å². The average Bonchev–Trinajstić information content (AvgIpc) is 3.18. The number of aliphatic carboxylic acids is 1. The first-order valence-corrected chi connectivity index (χ1v) is 11.3. The first-order valence-electron chi connectivity index (χ1n) is 11.3. The van der Waals surface area contributed by atoms with Crippen molar-refractivity contribution in [2.24, 2.45) is 0 Å². The van der Waals surface area contributed by atoms with Gasteiger partial charge in [0.05, 0.1) is 6.04 Å². The van der Waals surface area contributed by atoms with Gasteiger partial charge in [-0.25, -0.2) is 13.6 Å². The molecule has 0 unspecified atom stereocenters. The summed E-state index contributed by atoms with van der Waals surface area (Å²) in [7, 11) is 0. The highest BCUT2D eigenvalue weighted by Crippen LogP contribution is 2.50. The Morgan fingerprint density at radius 2 is 1.94 bits per heavy atom. The second kappa shape index (κ2) is 8.95. The van der Waals surface area contributed by atoms with E-state index in [2.05, 4.69) is 28.9 Å². The van der Waals surface area contributed by atoms with Gasteiger partial charge in [0.15, 0.2) is 0 Å². The van der Waals surface area contributed by atoms with Gasteiger partial charge in [0.25, 0.3) is 0 Å². The quantitative estimate of drug-likeness (QED) is 0.491. The number of nitrogens with zero attached hydrogens (tertiary/aromatic N) is 2. The molecule has 34 heavy (non-hydrogen) atoms. The molecule has 2 aliphatic rings. The van der Waals surface area contributed by atoms with Crippen molar-refractivity contribution in [3.63, 3.8) is 0 Å². The van der Waals surface area contributed by atoms with Crippen molar-refractivity contribution in [2.75, 3.05) is 0 Å². The molecule has 5 rings (SSSR count). The lowest BCUT2D eigenvalue weighted by Crippen LogP contribution is -2.41. The third kappa shape index (κ3) is 4.05. The largest absolute Gasteiger partial charge is 0.478 e. The molecule has 0 saturated heterocycles. The van der Waals surface area contributed by atoms with Crippen LogP contribution in [0.15, 0.2) is 72.6 Å². The maximum atomic E-state index is 15.6. The lowest BCUT2D eigenvalue weighted by Gasteiger charge is -2.42. The molecule has 1 aliphatic carbocycles. The van der Waals surface area contributed by atoms with Crippen molar-refractivity contribution in [3.05, 3.63) is 112 Å². The molecule has 0 amide bonds. The summed E-state index contributed by atoms with van der Waals surface area (Å²) in [6.45, 7) is 2.60. The standard InChI is InChI=1S/C28H24F2N2O2/c1-17-11-22-21-7-3-2-6-20(21)14-23(22)28(32(17)16-19-5-4-10-31-15-19)27-24(29)12-18(13-25(27)30)8-9-26(33)34/h2-10,12-13,15,17,28H,11,14,16H2,1H3,(H,33,34)/b9-8+/t17-,28+/m1/s1. The zero-order valence-electron chi connectivity index (χ0n) is 18.7. The molecule has 0 saturated carbocycles. The van der Waals surface area contributed by atoms with E-state index in [4.69, 9.17) is 5.11 Å². The molecule has 2 aromatic carbocycles. The van der Waals surface area contributed by atoms with Crippen LogP contribution in [0.4, 0.5) is 8.78 Å². The molecule has 1 N–H and O–H groups in total. The van der Waals surface area contributed by atoms with Crippen molar-refractivity contribution in [2.45, 2.75) is 38.4 Å². The van der Waals surface area contributed by atoms with Crippen LogP contribution in [-0.2, 0) is 17.8 Å². The average molecular weight is 459 g/mol. The van der Waals surface area contributed by atoms with Gasteiger partial charge in [0.1, 0.15) is 11.6 Å². The minimum absolute atomic E-state index is 0.00298. The van der Waals surface area contributed by atoms with E-state index in [9.17, 15) is 4.79 Å². The third-order valence-electron chi connectivity index (χ3n) is 6.72. The summed E-state index contributed by atoms with van der Waals surface area (Å²) < 4.78 is 31.1. The highest BCUT2D eigenvalue weighted by atomic mass is 19.1. The first-order chi connectivity index (χ1) is 16.4. The lowest BCUT2D eigenvalue weighted by atomic mass is 9.84. The van der Waals surface area contributed by atoms with Crippen LogP contribution in [0.5, 0.6) is 0 Å². The van der Waals surface area contributed by atoms with Gasteiger partial charge in [-0.15, -0.1) is 0 Å². The summed E-state index contributed by atoms with van der Waals surface area (Å²) in [4.78, 5) is 17.2. The number of carboxylic acids is 1. The number of aromatic nitrogens is 1. The molecular formula is C28H24F2N2O2. The van der Waals surface area contributed by atoms with E-state index in [-0.39, 0.29) is 17.2 Å². The van der Waals surface area contributed by atoms with Crippen LogP contribution < -0.4 is 0 Å². The van der Waals surface area contributed by atoms with E-state index >= 15 is 8.78 Å². The molecule has 0 bridgehead atoms. The van der Waals surface area contributed by atoms with Crippen molar-refractivity contribution in [1.82, 2.24) is 9.88 Å². The number of hydrogen-bond acceptors (Lipinski definition) is 3. The smallest absolute Gasteiger partial charge is 0.328 e. The molecule has 1 aromatic heterocycles. The summed E-state index contributed by atoms with van der Waals surface area (Å²) in [6, 6.07) is 13.9. The lowest BCUT2D eigenvalue weighted by molar-refractivity contribution is -0.131. The molecule has 2 atom stereocenters. The van der Waals surface area contributed by atoms with Crippen molar-refractivity contribution in [3.8, 4) is 0 Å². The van der Waals surface area contributed by atoms with Gasteiger partial charge >= 0.3 is 5.97 Å². The van der Waals surface area contributed by atoms with Crippen LogP contribution in [0, 0.1) is 11.6 Å². The third-order valence-corrected chi connectivity index (χ3v) is 6.72. The predicted octanol–water partition coefficient (Wildman–Crippen LogP) is 5.80. The van der Waals surface area contributed by atoms with Crippen LogP contribution >= 0.6 is 0 Å². The van der Waals surface area contributed by atoms with Crippen LogP contribution in [-0.4, -0.2) is 27.0 Å². The highest BCUT2D eigenvalue weighted by Gasteiger charge is 2.41. The zero-order valence-corrected chi connectivity index (χ0v) is 18.7. The Bertz CT molecular complexity index is 1290. The van der Waals surface area contributed by atoms with Crippen molar-refractivity contribution in [1.29, 1.82) is 0 Å². The number of benzene rings is 2. The molecule has 0 radical (unpaired) electrons. The fourth-order valence-corrected chi connectivity index (χ4v) is 5.24. The number of hydrogen-bond donors (Lipinski definition) is 1. The Labute approximate surface area is 196 Å². The maximum absolute atomic E-state index is 15.6. The zero-order chi connectivity index (χ0) is 23.8. The molecule has 0 spiro atoms. The second-order valence-electron chi connectivity index (χ2n) is 8.90. The summed E-state index contributed by atoms with van der Waals surface area (Å²) in [5.74, 6) is -2.53. The van der Waals surface area contributed by atoms with E-state index in [0.717, 1.165) is 29.2 Å². The molecule has 0 fully saturated rings. The van der Waals surface area contributed by atoms with Crippen LogP contribution in [0.25, 0.3) is 11.6 Å². The second-order valence-corrected chi connectivity index (χ2v) is 8.90. The summed E-state index contributed by atoms with van der Waals surface area (Å²) in [5.41, 5.74) is 5.68. The SMILES string of the molecule is C[C@@H]1CC2=C(Cc3ccccc32)[C@@H](c2c(F)cc(/C=C/C(=O)O)cc2F)N1Cc1cccnc1. The topological polar surface area (TPSA) is 53.4 Å². The molecule has 2 heterocycles. The number of carbonyl (C=O) groups is 1. The Hall–Kier alpha value is -3.64. The fraction of sp³-hybridized carbons (Fsp3) is 0.214. The van der Waals surface area contributed by atoms with E-state index in [1.54, 1.807) is 12.4 Å². The van der Waals surface area contributed by atoms with E-state index in [0.29, 0.717) is 13.0 Å². The van der Waals surface area contributed by atoms with Gasteiger partial charge in [-0.3, -0.25) is 9.88 Å². The number of pyridine rings is 1. The summed E-state index contributed by atoms with van der Waals surface area (Å²) >= 11 is 0. The first kappa shape index (κ1) is 22.2. The van der Waals surface area contributed by atoms with Gasteiger partial charge in [0.2, 0.25) is 0 Å². The van der Waals surface area contributed by atoms with Gasteiger partial charge in [0, 0.05) is 36.6 Å². The molecule has 3 aromatic rings. The normalized spacial score (nSPS) is 20.0. The monoisotopic (exact) mass is 458 g/mol. The maximum Gasteiger partial charge on any atom is 0.328 e. The Morgan fingerprint density at radius 1 is 1.18 bits per heavy atom. The summed E-state index contributed by atoms with van der Waals surface area (Å²) in [5, 5.41) is 8.87. The van der Waals surface area contributed by atoms with Gasteiger partial charge < -0.3 is 5.11 Å². The van der Waals surface area contributed by atoms with Crippen LogP contribution in [0.1, 0.15) is 47.2 Å². The number of halogens is 2. The predicted molar refractivity (Wildman–Crippen MR) is 127 cm³/mol. The summed E-state index contributed by atoms with van der Waals surface area (Å²) in [6.07, 6.45) is 7.00. The van der Waals surface area contributed by atoms with Crippen LogP contribution in [0.3, 0.4) is 0 Å². The highest BCUT2D eigenvalue weighted by molar-refractivity contribution is 5.85. The van der Waals surface area contributed by atoms with Gasteiger partial charge in [-0.1, -0.05) is 30.3 Å². The molecule has 1 aliphatic heterocycles. The number of rotatable bonds is 5. The van der Waals surface area contributed by atoms with E-state index in [1.165, 1.54) is 29.3 Å². The minimum Gasteiger partial charge on any atom is -0.478 e. The Morgan fingerprint density at radius 3 is 2.65 bits per heavy atom. The number of fused-ring (bicyclic) bond motifs is 2.